The highest BCUT2D eigenvalue weighted by atomic mass is 16.5. The van der Waals surface area contributed by atoms with Gasteiger partial charge in [-0.25, -0.2) is 4.98 Å². The van der Waals surface area contributed by atoms with Gasteiger partial charge in [0.05, 0.1) is 16.4 Å². The van der Waals surface area contributed by atoms with Gasteiger partial charge in [0, 0.05) is 31.6 Å². The minimum Gasteiger partial charge on any atom is -0.381 e. The molecule has 7 heteroatoms. The summed E-state index contributed by atoms with van der Waals surface area (Å²) in [6, 6.07) is 11.3. The van der Waals surface area contributed by atoms with Crippen molar-refractivity contribution in [2.45, 2.75) is 12.8 Å². The Morgan fingerprint density at radius 2 is 2.12 bits per heavy atom. The number of pyridine rings is 1. The molecule has 4 N–H and O–H groups in total. The summed E-state index contributed by atoms with van der Waals surface area (Å²) in [6.07, 6.45) is 3.02. The van der Waals surface area contributed by atoms with Gasteiger partial charge in [-0.15, -0.1) is 0 Å². The van der Waals surface area contributed by atoms with Crippen molar-refractivity contribution in [3.63, 3.8) is 0 Å². The Morgan fingerprint density at radius 3 is 2.85 bits per heavy atom. The number of hydrogen-bond donors (Lipinski definition) is 3. The Hall–Kier alpha value is -2.77. The summed E-state index contributed by atoms with van der Waals surface area (Å²) in [4.78, 5) is 24.9. The van der Waals surface area contributed by atoms with Gasteiger partial charge in [0.15, 0.2) is 5.82 Å². The molecular weight excluding hydrogens is 330 g/mol. The van der Waals surface area contributed by atoms with Gasteiger partial charge in [0.1, 0.15) is 5.69 Å². The predicted octanol–water partition coefficient (Wildman–Crippen LogP) is 2.32. The van der Waals surface area contributed by atoms with Crippen LogP contribution in [-0.4, -0.2) is 40.6 Å². The zero-order valence-corrected chi connectivity index (χ0v) is 14.4. The first-order chi connectivity index (χ1) is 12.7. The summed E-state index contributed by atoms with van der Waals surface area (Å²) in [5.41, 5.74) is 8.52. The molecule has 1 fully saturated rings. The van der Waals surface area contributed by atoms with Crippen molar-refractivity contribution >= 4 is 22.6 Å². The third-order valence-corrected chi connectivity index (χ3v) is 4.97. The SMILES string of the molecule is NCC1(C(=O)Nc2ccc3nc(-c4ccccn4)[nH]c3c2)CCOCC1. The van der Waals surface area contributed by atoms with Gasteiger partial charge < -0.3 is 20.8 Å². The zero-order chi connectivity index (χ0) is 18.0. The summed E-state index contributed by atoms with van der Waals surface area (Å²) in [6.45, 7) is 1.45. The Morgan fingerprint density at radius 1 is 1.27 bits per heavy atom. The van der Waals surface area contributed by atoms with Gasteiger partial charge >= 0.3 is 0 Å². The lowest BCUT2D eigenvalue weighted by molar-refractivity contribution is -0.130. The van der Waals surface area contributed by atoms with E-state index in [2.05, 4.69) is 20.3 Å². The summed E-state index contributed by atoms with van der Waals surface area (Å²) in [5, 5.41) is 3.01. The molecule has 0 unspecified atom stereocenters. The van der Waals surface area contributed by atoms with Gasteiger partial charge in [0.25, 0.3) is 0 Å². The lowest BCUT2D eigenvalue weighted by Gasteiger charge is -2.34. The summed E-state index contributed by atoms with van der Waals surface area (Å²) < 4.78 is 5.37. The molecular formula is C19H21N5O2. The maximum atomic E-state index is 12.8. The molecule has 0 aliphatic carbocycles. The van der Waals surface area contributed by atoms with E-state index >= 15 is 0 Å². The summed E-state index contributed by atoms with van der Waals surface area (Å²) in [5.74, 6) is 0.652. The molecule has 3 heterocycles. The van der Waals surface area contributed by atoms with E-state index < -0.39 is 5.41 Å². The first-order valence-electron chi connectivity index (χ1n) is 8.71. The molecule has 0 radical (unpaired) electrons. The van der Waals surface area contributed by atoms with E-state index in [-0.39, 0.29) is 5.91 Å². The third-order valence-electron chi connectivity index (χ3n) is 4.97. The van der Waals surface area contributed by atoms with Crippen LogP contribution in [0.25, 0.3) is 22.6 Å². The Kier molecular flexibility index (Phi) is 4.40. The van der Waals surface area contributed by atoms with Crippen molar-refractivity contribution in [3.8, 4) is 11.5 Å². The van der Waals surface area contributed by atoms with Crippen molar-refractivity contribution in [2.75, 3.05) is 25.1 Å². The second-order valence-corrected chi connectivity index (χ2v) is 6.58. The third kappa shape index (κ3) is 3.07. The monoisotopic (exact) mass is 351 g/mol. The van der Waals surface area contributed by atoms with Gasteiger partial charge in [-0.1, -0.05) is 6.07 Å². The minimum atomic E-state index is -0.555. The van der Waals surface area contributed by atoms with Crippen LogP contribution in [0.1, 0.15) is 12.8 Å². The first-order valence-corrected chi connectivity index (χ1v) is 8.71. The maximum Gasteiger partial charge on any atom is 0.232 e. The molecule has 2 aromatic heterocycles. The van der Waals surface area contributed by atoms with Crippen LogP contribution in [0.15, 0.2) is 42.6 Å². The van der Waals surface area contributed by atoms with E-state index in [1.807, 2.05) is 36.4 Å². The fourth-order valence-corrected chi connectivity index (χ4v) is 3.26. The Labute approximate surface area is 151 Å². The van der Waals surface area contributed by atoms with Crippen molar-refractivity contribution in [3.05, 3.63) is 42.6 Å². The van der Waals surface area contributed by atoms with Gasteiger partial charge in [0.2, 0.25) is 5.91 Å². The molecule has 1 saturated heterocycles. The second-order valence-electron chi connectivity index (χ2n) is 6.58. The summed E-state index contributed by atoms with van der Waals surface area (Å²) >= 11 is 0. The fourth-order valence-electron chi connectivity index (χ4n) is 3.26. The molecule has 0 atom stereocenters. The van der Waals surface area contributed by atoms with E-state index in [9.17, 15) is 4.79 Å². The molecule has 0 spiro atoms. The number of benzene rings is 1. The molecule has 134 valence electrons. The number of nitrogens with one attached hydrogen (secondary N) is 2. The molecule has 26 heavy (non-hydrogen) atoms. The molecule has 4 rings (SSSR count). The van der Waals surface area contributed by atoms with Crippen molar-refractivity contribution in [1.29, 1.82) is 0 Å². The molecule has 1 aliphatic rings. The minimum absolute atomic E-state index is 0.0490. The van der Waals surface area contributed by atoms with Crippen LogP contribution in [0.3, 0.4) is 0 Å². The van der Waals surface area contributed by atoms with Crippen LogP contribution < -0.4 is 11.1 Å². The standard InChI is InChI=1S/C19H21N5O2/c20-12-19(6-9-26-10-7-19)18(25)22-13-4-5-14-16(11-13)24-17(23-14)15-3-1-2-8-21-15/h1-5,8,11H,6-7,9-10,12,20H2,(H,22,25)(H,23,24). The second kappa shape index (κ2) is 6.86. The molecule has 3 aromatic rings. The van der Waals surface area contributed by atoms with E-state index in [4.69, 9.17) is 10.5 Å². The van der Waals surface area contributed by atoms with Crippen LogP contribution in [0.5, 0.6) is 0 Å². The molecule has 0 saturated carbocycles. The number of imidazole rings is 1. The molecule has 1 aliphatic heterocycles. The zero-order valence-electron chi connectivity index (χ0n) is 14.4. The van der Waals surface area contributed by atoms with Gasteiger partial charge in [-0.2, -0.15) is 0 Å². The number of rotatable bonds is 4. The number of nitrogens with two attached hydrogens (primary N) is 1. The Balaban J connectivity index is 1.58. The molecule has 1 amide bonds. The number of nitrogens with zero attached hydrogens (tertiary/aromatic N) is 2. The van der Waals surface area contributed by atoms with Crippen molar-refractivity contribution < 1.29 is 9.53 Å². The number of amides is 1. The van der Waals surface area contributed by atoms with Crippen LogP contribution >= 0.6 is 0 Å². The average molecular weight is 351 g/mol. The largest absolute Gasteiger partial charge is 0.381 e. The van der Waals surface area contributed by atoms with E-state index in [0.717, 1.165) is 22.4 Å². The van der Waals surface area contributed by atoms with Crippen LogP contribution in [0.4, 0.5) is 5.69 Å². The quantitative estimate of drug-likeness (QED) is 0.669. The highest BCUT2D eigenvalue weighted by Gasteiger charge is 2.38. The van der Waals surface area contributed by atoms with Crippen molar-refractivity contribution in [2.24, 2.45) is 11.1 Å². The van der Waals surface area contributed by atoms with Crippen LogP contribution in [0.2, 0.25) is 0 Å². The normalized spacial score (nSPS) is 16.5. The highest BCUT2D eigenvalue weighted by molar-refractivity contribution is 5.97. The Bertz CT molecular complexity index is 916. The van der Waals surface area contributed by atoms with Crippen LogP contribution in [0, 0.1) is 5.41 Å². The number of hydrogen-bond acceptors (Lipinski definition) is 5. The number of H-pyrrole nitrogens is 1. The van der Waals surface area contributed by atoms with E-state index in [0.29, 0.717) is 38.4 Å². The predicted molar refractivity (Wildman–Crippen MR) is 99.5 cm³/mol. The van der Waals surface area contributed by atoms with Crippen LogP contribution in [-0.2, 0) is 9.53 Å². The molecule has 1 aromatic carbocycles. The number of fused-ring (bicyclic) bond motifs is 1. The molecule has 7 nitrogen and oxygen atoms in total. The van der Waals surface area contributed by atoms with E-state index in [1.165, 1.54) is 0 Å². The summed E-state index contributed by atoms with van der Waals surface area (Å²) in [7, 11) is 0. The lowest BCUT2D eigenvalue weighted by atomic mass is 9.79. The number of aromatic amines is 1. The van der Waals surface area contributed by atoms with Crippen molar-refractivity contribution in [1.82, 2.24) is 15.0 Å². The fraction of sp³-hybridized carbons (Fsp3) is 0.316. The average Bonchev–Trinajstić information content (AvgIpc) is 3.12. The number of ether oxygens (including phenoxy) is 1. The number of anilines is 1. The number of carbonyl (C=O) groups excluding carboxylic acids is 1. The highest BCUT2D eigenvalue weighted by Crippen LogP contribution is 2.31. The van der Waals surface area contributed by atoms with Gasteiger partial charge in [-0.3, -0.25) is 9.78 Å². The maximum absolute atomic E-state index is 12.8. The smallest absolute Gasteiger partial charge is 0.232 e. The molecule has 0 bridgehead atoms. The number of carbonyl (C=O) groups is 1. The topological polar surface area (TPSA) is 106 Å². The van der Waals surface area contributed by atoms with Gasteiger partial charge in [-0.05, 0) is 43.2 Å². The number of aromatic nitrogens is 3. The lowest BCUT2D eigenvalue weighted by Crippen LogP contribution is -2.46. The van der Waals surface area contributed by atoms with E-state index in [1.54, 1.807) is 6.20 Å². The first kappa shape index (κ1) is 16.7.